The number of rotatable bonds is 4. The molecule has 0 aromatic heterocycles. The molecule has 1 N–H and O–H groups in total. The second-order valence-corrected chi connectivity index (χ2v) is 4.47. The lowest BCUT2D eigenvalue weighted by molar-refractivity contribution is 0.149. The first-order valence-electron chi connectivity index (χ1n) is 5.52. The zero-order valence-electron chi connectivity index (χ0n) is 10.0. The third kappa shape index (κ3) is 2.00. The molecule has 0 atom stereocenters. The topological polar surface area (TPSA) is 38.7 Å². The highest BCUT2D eigenvalue weighted by Crippen LogP contribution is 2.42. The monoisotopic (exact) mass is 222 g/mol. The Hall–Kier alpha value is -1.22. The van der Waals surface area contributed by atoms with Crippen molar-refractivity contribution in [2.45, 2.75) is 31.8 Å². The van der Waals surface area contributed by atoms with Crippen LogP contribution in [0.2, 0.25) is 0 Å². The van der Waals surface area contributed by atoms with Crippen LogP contribution in [0.15, 0.2) is 12.1 Å². The highest BCUT2D eigenvalue weighted by Gasteiger charge is 2.41. The van der Waals surface area contributed by atoms with E-state index in [9.17, 15) is 5.11 Å². The molecule has 0 heterocycles. The average Bonchev–Trinajstić information content (AvgIpc) is 2.99. The zero-order chi connectivity index (χ0) is 11.8. The van der Waals surface area contributed by atoms with E-state index in [0.717, 1.165) is 35.5 Å². The molecule has 1 saturated carbocycles. The van der Waals surface area contributed by atoms with Gasteiger partial charge in [-0.25, -0.2) is 0 Å². The third-order valence-corrected chi connectivity index (χ3v) is 3.28. The SMILES string of the molecule is COc1ccc(OC)c(CC2(O)CC2)c1C. The van der Waals surface area contributed by atoms with Crippen molar-refractivity contribution >= 4 is 0 Å². The summed E-state index contributed by atoms with van der Waals surface area (Å²) >= 11 is 0. The lowest BCUT2D eigenvalue weighted by Crippen LogP contribution is -2.13. The Bertz CT molecular complexity index is 394. The summed E-state index contributed by atoms with van der Waals surface area (Å²) in [6.07, 6.45) is 2.42. The average molecular weight is 222 g/mol. The molecule has 1 aliphatic rings. The van der Waals surface area contributed by atoms with Gasteiger partial charge >= 0.3 is 0 Å². The van der Waals surface area contributed by atoms with Gasteiger partial charge in [0.15, 0.2) is 0 Å². The summed E-state index contributed by atoms with van der Waals surface area (Å²) in [7, 11) is 3.31. The molecule has 2 rings (SSSR count). The van der Waals surface area contributed by atoms with E-state index in [-0.39, 0.29) is 0 Å². The van der Waals surface area contributed by atoms with Crippen LogP contribution in [-0.4, -0.2) is 24.9 Å². The quantitative estimate of drug-likeness (QED) is 0.847. The van der Waals surface area contributed by atoms with Gasteiger partial charge in [0.25, 0.3) is 0 Å². The number of ether oxygens (including phenoxy) is 2. The predicted molar refractivity (Wildman–Crippen MR) is 62.2 cm³/mol. The van der Waals surface area contributed by atoms with Crippen LogP contribution in [0.25, 0.3) is 0 Å². The van der Waals surface area contributed by atoms with E-state index in [1.165, 1.54) is 0 Å². The molecule has 3 heteroatoms. The van der Waals surface area contributed by atoms with Crippen LogP contribution in [0.5, 0.6) is 11.5 Å². The van der Waals surface area contributed by atoms with Gasteiger partial charge < -0.3 is 14.6 Å². The first kappa shape index (κ1) is 11.3. The Labute approximate surface area is 96.0 Å². The van der Waals surface area contributed by atoms with Crippen LogP contribution < -0.4 is 9.47 Å². The van der Waals surface area contributed by atoms with Crippen molar-refractivity contribution in [3.05, 3.63) is 23.3 Å². The van der Waals surface area contributed by atoms with Gasteiger partial charge in [0, 0.05) is 12.0 Å². The molecule has 1 aromatic carbocycles. The Morgan fingerprint density at radius 3 is 2.25 bits per heavy atom. The van der Waals surface area contributed by atoms with Gasteiger partial charge in [-0.2, -0.15) is 0 Å². The van der Waals surface area contributed by atoms with Crippen molar-refractivity contribution in [2.24, 2.45) is 0 Å². The van der Waals surface area contributed by atoms with E-state index >= 15 is 0 Å². The summed E-state index contributed by atoms with van der Waals surface area (Å²) in [5, 5.41) is 9.99. The van der Waals surface area contributed by atoms with Crippen molar-refractivity contribution in [1.29, 1.82) is 0 Å². The van der Waals surface area contributed by atoms with Gasteiger partial charge in [0.1, 0.15) is 11.5 Å². The summed E-state index contributed by atoms with van der Waals surface area (Å²) in [5.41, 5.74) is 1.61. The summed E-state index contributed by atoms with van der Waals surface area (Å²) in [5.74, 6) is 1.68. The molecule has 1 fully saturated rings. The molecule has 0 bridgehead atoms. The highest BCUT2D eigenvalue weighted by molar-refractivity contribution is 5.49. The maximum atomic E-state index is 9.99. The van der Waals surface area contributed by atoms with E-state index in [2.05, 4.69) is 0 Å². The van der Waals surface area contributed by atoms with E-state index < -0.39 is 5.60 Å². The van der Waals surface area contributed by atoms with E-state index in [4.69, 9.17) is 9.47 Å². The molecular formula is C13H18O3. The maximum Gasteiger partial charge on any atom is 0.122 e. The lowest BCUT2D eigenvalue weighted by atomic mass is 9.99. The molecule has 0 amide bonds. The van der Waals surface area contributed by atoms with Crippen LogP contribution in [-0.2, 0) is 6.42 Å². The van der Waals surface area contributed by atoms with Crippen LogP contribution in [0.3, 0.4) is 0 Å². The van der Waals surface area contributed by atoms with Gasteiger partial charge in [-0.1, -0.05) is 0 Å². The Kier molecular flexibility index (Phi) is 2.80. The summed E-state index contributed by atoms with van der Waals surface area (Å²) in [4.78, 5) is 0. The number of aliphatic hydroxyl groups is 1. The second-order valence-electron chi connectivity index (χ2n) is 4.47. The van der Waals surface area contributed by atoms with Crippen LogP contribution in [0.4, 0.5) is 0 Å². The van der Waals surface area contributed by atoms with E-state index in [0.29, 0.717) is 6.42 Å². The Balaban J connectivity index is 2.38. The molecule has 0 aliphatic heterocycles. The fourth-order valence-electron chi connectivity index (χ4n) is 1.99. The summed E-state index contributed by atoms with van der Waals surface area (Å²) < 4.78 is 10.6. The number of methoxy groups -OCH3 is 2. The molecule has 0 spiro atoms. The molecule has 1 aliphatic carbocycles. The van der Waals surface area contributed by atoms with Crippen molar-refractivity contribution in [3.63, 3.8) is 0 Å². The molecule has 3 nitrogen and oxygen atoms in total. The number of hydrogen-bond donors (Lipinski definition) is 1. The number of hydrogen-bond acceptors (Lipinski definition) is 3. The van der Waals surface area contributed by atoms with Crippen molar-refractivity contribution in [1.82, 2.24) is 0 Å². The minimum Gasteiger partial charge on any atom is -0.496 e. The Morgan fingerprint density at radius 1 is 1.19 bits per heavy atom. The standard InChI is InChI=1S/C13H18O3/c1-9-10(8-13(14)6-7-13)12(16-3)5-4-11(9)15-2/h4-5,14H,6-8H2,1-3H3. The largest absolute Gasteiger partial charge is 0.496 e. The van der Waals surface area contributed by atoms with Gasteiger partial charge in [-0.15, -0.1) is 0 Å². The van der Waals surface area contributed by atoms with Gasteiger partial charge in [0.2, 0.25) is 0 Å². The molecule has 0 radical (unpaired) electrons. The molecule has 88 valence electrons. The fourth-order valence-corrected chi connectivity index (χ4v) is 1.99. The van der Waals surface area contributed by atoms with Gasteiger partial charge in [0.05, 0.1) is 19.8 Å². The normalized spacial score (nSPS) is 17.0. The van der Waals surface area contributed by atoms with E-state index in [1.807, 2.05) is 19.1 Å². The van der Waals surface area contributed by atoms with Crippen molar-refractivity contribution < 1.29 is 14.6 Å². The Morgan fingerprint density at radius 2 is 1.75 bits per heavy atom. The molecule has 1 aromatic rings. The molecular weight excluding hydrogens is 204 g/mol. The number of benzene rings is 1. The third-order valence-electron chi connectivity index (χ3n) is 3.28. The molecule has 0 unspecified atom stereocenters. The molecule has 0 saturated heterocycles. The second kappa shape index (κ2) is 3.98. The first-order valence-corrected chi connectivity index (χ1v) is 5.52. The fraction of sp³-hybridized carbons (Fsp3) is 0.538. The van der Waals surface area contributed by atoms with Crippen molar-refractivity contribution in [3.8, 4) is 11.5 Å². The summed E-state index contributed by atoms with van der Waals surface area (Å²) in [6.45, 7) is 2.00. The highest BCUT2D eigenvalue weighted by atomic mass is 16.5. The smallest absolute Gasteiger partial charge is 0.122 e. The first-order chi connectivity index (χ1) is 7.59. The van der Waals surface area contributed by atoms with E-state index in [1.54, 1.807) is 14.2 Å². The maximum absolute atomic E-state index is 9.99. The van der Waals surface area contributed by atoms with Gasteiger partial charge in [-0.05, 0) is 37.5 Å². The van der Waals surface area contributed by atoms with Crippen LogP contribution in [0.1, 0.15) is 24.0 Å². The van der Waals surface area contributed by atoms with Crippen LogP contribution in [0, 0.1) is 6.92 Å². The van der Waals surface area contributed by atoms with Crippen molar-refractivity contribution in [2.75, 3.05) is 14.2 Å². The summed E-state index contributed by atoms with van der Waals surface area (Å²) in [6, 6.07) is 3.79. The molecule has 16 heavy (non-hydrogen) atoms. The minimum atomic E-state index is -0.510. The van der Waals surface area contributed by atoms with Gasteiger partial charge in [-0.3, -0.25) is 0 Å². The zero-order valence-corrected chi connectivity index (χ0v) is 10.0. The van der Waals surface area contributed by atoms with Crippen LogP contribution >= 0.6 is 0 Å². The lowest BCUT2D eigenvalue weighted by Gasteiger charge is -2.17. The minimum absolute atomic E-state index is 0.510. The predicted octanol–water partition coefficient (Wildman–Crippen LogP) is 2.08.